The quantitative estimate of drug-likeness (QED) is 0.459. The van der Waals surface area contributed by atoms with Gasteiger partial charge in [-0.25, -0.2) is 0 Å². The topological polar surface area (TPSA) is 32.3 Å². The minimum absolute atomic E-state index is 0.0432. The van der Waals surface area contributed by atoms with Crippen molar-refractivity contribution in [2.75, 3.05) is 18.4 Å². The van der Waals surface area contributed by atoms with Gasteiger partial charge in [-0.2, -0.15) is 0 Å². The van der Waals surface area contributed by atoms with Crippen LogP contribution in [0.15, 0.2) is 60.7 Å². The highest BCUT2D eigenvalue weighted by molar-refractivity contribution is 7.16. The first-order valence-electron chi connectivity index (χ1n) is 10.6. The third-order valence-electron chi connectivity index (χ3n) is 5.67. The maximum atomic E-state index is 12.9. The van der Waals surface area contributed by atoms with Gasteiger partial charge in [0.15, 0.2) is 0 Å². The van der Waals surface area contributed by atoms with E-state index in [-0.39, 0.29) is 11.9 Å². The molecule has 1 aliphatic rings. The summed E-state index contributed by atoms with van der Waals surface area (Å²) >= 11 is 8.35. The van der Waals surface area contributed by atoms with Crippen LogP contribution in [0.3, 0.4) is 0 Å². The molecule has 1 amide bonds. The van der Waals surface area contributed by atoms with Crippen molar-refractivity contribution in [3.63, 3.8) is 0 Å². The molecule has 0 aliphatic carbocycles. The number of rotatable bonds is 6. The Balaban J connectivity index is 1.75. The number of hydrogen-bond acceptors (Lipinski definition) is 3. The van der Waals surface area contributed by atoms with E-state index in [1.54, 1.807) is 11.3 Å². The maximum absolute atomic E-state index is 12.9. The van der Waals surface area contributed by atoms with Crippen LogP contribution in [-0.2, 0) is 6.42 Å². The van der Waals surface area contributed by atoms with Gasteiger partial charge in [0.2, 0.25) is 0 Å². The van der Waals surface area contributed by atoms with Gasteiger partial charge in [-0.3, -0.25) is 9.69 Å². The van der Waals surface area contributed by atoms with Crippen LogP contribution in [-0.4, -0.2) is 23.9 Å². The van der Waals surface area contributed by atoms with Gasteiger partial charge in [0.1, 0.15) is 5.00 Å². The number of halogens is 1. The number of amides is 1. The summed E-state index contributed by atoms with van der Waals surface area (Å²) in [5.74, 6) is -0.0714. The van der Waals surface area contributed by atoms with Gasteiger partial charge < -0.3 is 5.32 Å². The summed E-state index contributed by atoms with van der Waals surface area (Å²) in [7, 11) is 0. The third kappa shape index (κ3) is 4.61. The Bertz CT molecular complexity index is 995. The summed E-state index contributed by atoms with van der Waals surface area (Å²) in [4.78, 5) is 16.7. The van der Waals surface area contributed by atoms with E-state index < -0.39 is 0 Å². The summed E-state index contributed by atoms with van der Waals surface area (Å²) in [5.41, 5.74) is 2.93. The predicted octanol–water partition coefficient (Wildman–Crippen LogP) is 6.79. The lowest BCUT2D eigenvalue weighted by Gasteiger charge is -2.35. The number of thiophene rings is 1. The first-order valence-corrected chi connectivity index (χ1v) is 11.8. The Hall–Kier alpha value is -2.14. The summed E-state index contributed by atoms with van der Waals surface area (Å²) in [6.07, 6.45) is 4.59. The molecule has 4 rings (SSSR count). The van der Waals surface area contributed by atoms with E-state index in [0.717, 1.165) is 40.7 Å². The molecule has 1 aromatic heterocycles. The molecule has 3 nitrogen and oxygen atoms in total. The fourth-order valence-corrected chi connectivity index (χ4v) is 5.40. The monoisotopic (exact) mass is 438 g/mol. The highest BCUT2D eigenvalue weighted by Crippen LogP contribution is 2.42. The number of carbonyl (C=O) groups is 1. The molecule has 30 heavy (non-hydrogen) atoms. The molecule has 1 fully saturated rings. The molecular weight excluding hydrogens is 412 g/mol. The van der Waals surface area contributed by atoms with E-state index in [4.69, 9.17) is 11.6 Å². The number of carbonyl (C=O) groups excluding carboxylic acids is 1. The van der Waals surface area contributed by atoms with Crippen LogP contribution < -0.4 is 5.32 Å². The molecule has 1 N–H and O–H groups in total. The van der Waals surface area contributed by atoms with E-state index in [1.807, 2.05) is 48.5 Å². The first kappa shape index (κ1) is 21.1. The molecule has 1 aliphatic heterocycles. The van der Waals surface area contributed by atoms with Crippen LogP contribution in [0.2, 0.25) is 5.02 Å². The Labute approximate surface area is 187 Å². The Morgan fingerprint density at radius 1 is 1.03 bits per heavy atom. The predicted molar refractivity (Wildman–Crippen MR) is 127 cm³/mol. The van der Waals surface area contributed by atoms with Gasteiger partial charge in [-0.05, 0) is 62.2 Å². The van der Waals surface area contributed by atoms with Crippen LogP contribution in [0, 0.1) is 0 Å². The molecule has 0 unspecified atom stereocenters. The lowest BCUT2D eigenvalue weighted by molar-refractivity contribution is 0.102. The largest absolute Gasteiger partial charge is 0.313 e. The van der Waals surface area contributed by atoms with Crippen LogP contribution in [0.5, 0.6) is 0 Å². The van der Waals surface area contributed by atoms with Crippen LogP contribution in [0.1, 0.15) is 58.6 Å². The molecule has 1 atom stereocenters. The second-order valence-corrected chi connectivity index (χ2v) is 9.24. The lowest BCUT2D eigenvalue weighted by atomic mass is 9.95. The molecule has 0 spiro atoms. The van der Waals surface area contributed by atoms with Crippen molar-refractivity contribution in [3.05, 3.63) is 87.3 Å². The van der Waals surface area contributed by atoms with Crippen molar-refractivity contribution in [2.45, 2.75) is 38.6 Å². The molecular formula is C25H27ClN2OS. The molecule has 0 bridgehead atoms. The van der Waals surface area contributed by atoms with Gasteiger partial charge >= 0.3 is 0 Å². The Morgan fingerprint density at radius 2 is 1.73 bits per heavy atom. The second-order valence-electron chi connectivity index (χ2n) is 7.69. The number of nitrogens with zero attached hydrogens (tertiary/aromatic N) is 1. The summed E-state index contributed by atoms with van der Waals surface area (Å²) in [6, 6.07) is 19.8. The minimum atomic E-state index is -0.0714. The standard InChI is InChI=1S/C25H27ClN2OS/c1-2-19-17-21(25(30-19)27-24(29)18-11-5-3-6-12-18)23(28-15-9-4-10-16-28)20-13-7-8-14-22(20)26/h3,5-8,11-14,17,23H,2,4,9-10,15-16H2,1H3,(H,27,29)/t23-/m0/s1. The molecule has 1 saturated heterocycles. The van der Waals surface area contributed by atoms with Gasteiger partial charge in [0.05, 0.1) is 6.04 Å². The van der Waals surface area contributed by atoms with Crippen molar-refractivity contribution in [2.24, 2.45) is 0 Å². The molecule has 156 valence electrons. The number of aryl methyl sites for hydroxylation is 1. The van der Waals surface area contributed by atoms with E-state index in [9.17, 15) is 4.79 Å². The molecule has 0 radical (unpaired) electrons. The fraction of sp³-hybridized carbons (Fsp3) is 0.320. The molecule has 2 aromatic carbocycles. The van der Waals surface area contributed by atoms with E-state index >= 15 is 0 Å². The van der Waals surface area contributed by atoms with Gasteiger partial charge in [0.25, 0.3) is 5.91 Å². The smallest absolute Gasteiger partial charge is 0.256 e. The van der Waals surface area contributed by atoms with Crippen molar-refractivity contribution in [3.8, 4) is 0 Å². The molecule has 3 aromatic rings. The second kappa shape index (κ2) is 9.78. The van der Waals surface area contributed by atoms with E-state index in [1.165, 1.54) is 24.1 Å². The van der Waals surface area contributed by atoms with Crippen molar-refractivity contribution in [1.82, 2.24) is 4.90 Å². The van der Waals surface area contributed by atoms with Crippen LogP contribution in [0.4, 0.5) is 5.00 Å². The number of anilines is 1. The number of benzene rings is 2. The van der Waals surface area contributed by atoms with Crippen molar-refractivity contribution >= 4 is 33.8 Å². The first-order chi connectivity index (χ1) is 14.7. The Kier molecular flexibility index (Phi) is 6.88. The SMILES string of the molecule is CCc1cc([C@H](c2ccccc2Cl)N2CCCCC2)c(NC(=O)c2ccccc2)s1. The fourth-order valence-electron chi connectivity index (χ4n) is 4.13. The van der Waals surface area contributed by atoms with E-state index in [2.05, 4.69) is 29.3 Å². The minimum Gasteiger partial charge on any atom is -0.313 e. The average Bonchev–Trinajstić information content (AvgIpc) is 3.19. The summed E-state index contributed by atoms with van der Waals surface area (Å²) < 4.78 is 0. The number of hydrogen-bond donors (Lipinski definition) is 1. The number of piperidine rings is 1. The van der Waals surface area contributed by atoms with Crippen molar-refractivity contribution in [1.29, 1.82) is 0 Å². The zero-order valence-electron chi connectivity index (χ0n) is 17.2. The maximum Gasteiger partial charge on any atom is 0.256 e. The Morgan fingerprint density at radius 3 is 2.43 bits per heavy atom. The normalized spacial score (nSPS) is 15.7. The summed E-state index contributed by atoms with van der Waals surface area (Å²) in [5, 5.41) is 4.90. The highest BCUT2D eigenvalue weighted by atomic mass is 35.5. The third-order valence-corrected chi connectivity index (χ3v) is 7.23. The average molecular weight is 439 g/mol. The van der Waals surface area contributed by atoms with Gasteiger partial charge in [-0.15, -0.1) is 11.3 Å². The molecule has 5 heteroatoms. The molecule has 0 saturated carbocycles. The van der Waals surface area contributed by atoms with Crippen molar-refractivity contribution < 1.29 is 4.79 Å². The van der Waals surface area contributed by atoms with Gasteiger partial charge in [-0.1, -0.05) is 61.3 Å². The lowest BCUT2D eigenvalue weighted by Crippen LogP contribution is -2.34. The van der Waals surface area contributed by atoms with E-state index in [0.29, 0.717) is 5.56 Å². The number of nitrogens with one attached hydrogen (secondary N) is 1. The zero-order chi connectivity index (χ0) is 20.9. The highest BCUT2D eigenvalue weighted by Gasteiger charge is 2.29. The molecule has 2 heterocycles. The van der Waals surface area contributed by atoms with Crippen LogP contribution >= 0.6 is 22.9 Å². The summed E-state index contributed by atoms with van der Waals surface area (Å²) in [6.45, 7) is 4.24. The van der Waals surface area contributed by atoms with Crippen LogP contribution in [0.25, 0.3) is 0 Å². The number of likely N-dealkylation sites (tertiary alicyclic amines) is 1. The zero-order valence-corrected chi connectivity index (χ0v) is 18.8. The van der Waals surface area contributed by atoms with Gasteiger partial charge in [0, 0.05) is 21.0 Å².